The number of rotatable bonds is 3. The van der Waals surface area contributed by atoms with Gasteiger partial charge in [0.2, 0.25) is 0 Å². The smallest absolute Gasteiger partial charge is 0.115 e. The molecule has 3 N–H and O–H groups in total. The van der Waals surface area contributed by atoms with Crippen LogP contribution in [0.1, 0.15) is 31.2 Å². The molecule has 1 saturated carbocycles. The van der Waals surface area contributed by atoms with E-state index in [0.717, 1.165) is 16.7 Å². The average molecular weight is 296 g/mol. The maximum Gasteiger partial charge on any atom is 0.115 e. The number of halogens is 1. The van der Waals surface area contributed by atoms with Crippen LogP contribution in [0.3, 0.4) is 0 Å². The van der Waals surface area contributed by atoms with Gasteiger partial charge in [0.25, 0.3) is 0 Å². The highest BCUT2D eigenvalue weighted by molar-refractivity contribution is 9.10. The second-order valence-electron chi connectivity index (χ2n) is 4.47. The van der Waals surface area contributed by atoms with Crippen molar-refractivity contribution < 1.29 is 0 Å². The van der Waals surface area contributed by atoms with E-state index in [9.17, 15) is 0 Å². The molecular weight excluding hydrogens is 278 g/mol. The normalized spacial score (nSPS) is 17.4. The first kappa shape index (κ1) is 12.6. The van der Waals surface area contributed by atoms with Crippen molar-refractivity contribution in [3.63, 3.8) is 0 Å². The van der Waals surface area contributed by atoms with Crippen molar-refractivity contribution in [2.45, 2.75) is 38.1 Å². The maximum atomic E-state index is 5.54. The molecule has 1 aliphatic carbocycles. The Hall–Kier alpha value is -0.870. The van der Waals surface area contributed by atoms with Gasteiger partial charge in [0, 0.05) is 10.9 Å². The third kappa shape index (κ3) is 3.82. The van der Waals surface area contributed by atoms with Gasteiger partial charge in [-0.3, -0.25) is 4.99 Å². The Morgan fingerprint density at radius 2 is 2.18 bits per heavy atom. The van der Waals surface area contributed by atoms with E-state index >= 15 is 0 Å². The number of hydrazine groups is 1. The molecule has 0 atom stereocenters. The summed E-state index contributed by atoms with van der Waals surface area (Å²) in [6.07, 6.45) is 5.76. The van der Waals surface area contributed by atoms with Gasteiger partial charge in [-0.05, 0) is 30.5 Å². The van der Waals surface area contributed by atoms with E-state index in [4.69, 9.17) is 5.84 Å². The second-order valence-corrected chi connectivity index (χ2v) is 5.38. The summed E-state index contributed by atoms with van der Waals surface area (Å²) < 4.78 is 1.09. The monoisotopic (exact) mass is 295 g/mol. The summed E-state index contributed by atoms with van der Waals surface area (Å²) in [5.74, 6) is 6.43. The van der Waals surface area contributed by atoms with Crippen molar-refractivity contribution >= 4 is 21.8 Å². The lowest BCUT2D eigenvalue weighted by molar-refractivity contribution is 0.697. The maximum absolute atomic E-state index is 5.54. The number of nitrogens with two attached hydrogens (primary N) is 1. The molecule has 0 radical (unpaired) electrons. The minimum absolute atomic E-state index is 0.466. The number of benzene rings is 1. The molecule has 2 rings (SSSR count). The molecule has 0 saturated heterocycles. The van der Waals surface area contributed by atoms with E-state index < -0.39 is 0 Å². The number of amidine groups is 1. The zero-order valence-electron chi connectivity index (χ0n) is 9.82. The highest BCUT2D eigenvalue weighted by atomic mass is 79.9. The van der Waals surface area contributed by atoms with E-state index in [1.807, 2.05) is 12.1 Å². The van der Waals surface area contributed by atoms with Crippen LogP contribution in [-0.4, -0.2) is 11.9 Å². The van der Waals surface area contributed by atoms with Gasteiger partial charge in [0.15, 0.2) is 0 Å². The molecule has 1 aliphatic rings. The minimum Gasteiger partial charge on any atom is -0.312 e. The molecule has 0 unspecified atom stereocenters. The van der Waals surface area contributed by atoms with Crippen LogP contribution >= 0.6 is 15.9 Å². The summed E-state index contributed by atoms with van der Waals surface area (Å²) in [7, 11) is 0. The highest BCUT2D eigenvalue weighted by Gasteiger charge is 2.14. The lowest BCUT2D eigenvalue weighted by Gasteiger charge is -2.09. The SMILES string of the molecule is NNC(Cc1cccc(Br)c1)=NC1CCCC1. The van der Waals surface area contributed by atoms with E-state index in [2.05, 4.69) is 38.5 Å². The summed E-state index contributed by atoms with van der Waals surface area (Å²) in [4.78, 5) is 4.68. The minimum atomic E-state index is 0.466. The molecule has 1 aromatic carbocycles. The van der Waals surface area contributed by atoms with E-state index in [1.165, 1.54) is 31.2 Å². The van der Waals surface area contributed by atoms with E-state index in [-0.39, 0.29) is 0 Å². The van der Waals surface area contributed by atoms with Crippen molar-refractivity contribution in [2.75, 3.05) is 0 Å². The second kappa shape index (κ2) is 6.17. The number of hydrogen-bond acceptors (Lipinski definition) is 2. The van der Waals surface area contributed by atoms with Crippen LogP contribution in [0.25, 0.3) is 0 Å². The van der Waals surface area contributed by atoms with E-state index in [0.29, 0.717) is 6.04 Å². The Kier molecular flexibility index (Phi) is 4.57. The zero-order valence-corrected chi connectivity index (χ0v) is 11.4. The van der Waals surface area contributed by atoms with Gasteiger partial charge < -0.3 is 5.43 Å². The van der Waals surface area contributed by atoms with Crippen molar-refractivity contribution in [2.24, 2.45) is 10.8 Å². The first-order valence-corrected chi connectivity index (χ1v) is 6.85. The third-order valence-corrected chi connectivity index (χ3v) is 3.58. The van der Waals surface area contributed by atoms with Crippen molar-refractivity contribution in [3.8, 4) is 0 Å². The fourth-order valence-electron chi connectivity index (χ4n) is 2.23. The fourth-order valence-corrected chi connectivity index (χ4v) is 2.67. The molecule has 4 heteroatoms. The largest absolute Gasteiger partial charge is 0.312 e. The molecule has 0 amide bonds. The highest BCUT2D eigenvalue weighted by Crippen LogP contribution is 2.21. The van der Waals surface area contributed by atoms with Crippen LogP contribution in [0.5, 0.6) is 0 Å². The summed E-state index contributed by atoms with van der Waals surface area (Å²) in [5, 5.41) is 0. The molecule has 92 valence electrons. The molecule has 1 fully saturated rings. The first-order valence-electron chi connectivity index (χ1n) is 6.05. The molecule has 0 heterocycles. The summed E-state index contributed by atoms with van der Waals surface area (Å²) >= 11 is 3.47. The molecule has 17 heavy (non-hydrogen) atoms. The Morgan fingerprint density at radius 3 is 2.82 bits per heavy atom. The van der Waals surface area contributed by atoms with Crippen LogP contribution in [-0.2, 0) is 6.42 Å². The van der Waals surface area contributed by atoms with E-state index in [1.54, 1.807) is 0 Å². The van der Waals surface area contributed by atoms with Crippen LogP contribution in [0.15, 0.2) is 33.7 Å². The standard InChI is InChI=1S/C13H18BrN3/c14-11-5-3-4-10(8-11)9-13(17-15)16-12-6-1-2-7-12/h3-5,8,12H,1-2,6-7,9,15H2,(H,16,17). The van der Waals surface area contributed by atoms with Gasteiger partial charge in [-0.15, -0.1) is 0 Å². The molecular formula is C13H18BrN3. The lowest BCUT2D eigenvalue weighted by Crippen LogP contribution is -2.33. The van der Waals surface area contributed by atoms with Gasteiger partial charge in [0.05, 0.1) is 6.04 Å². The van der Waals surface area contributed by atoms with Gasteiger partial charge in [0.1, 0.15) is 5.84 Å². The Balaban J connectivity index is 2.03. The number of hydrogen-bond donors (Lipinski definition) is 2. The average Bonchev–Trinajstić information content (AvgIpc) is 2.81. The van der Waals surface area contributed by atoms with Gasteiger partial charge in [-0.1, -0.05) is 40.9 Å². The summed E-state index contributed by atoms with van der Waals surface area (Å²) in [5.41, 5.74) is 3.95. The molecule has 1 aromatic rings. The van der Waals surface area contributed by atoms with Crippen molar-refractivity contribution in [1.82, 2.24) is 5.43 Å². The Bertz CT molecular complexity index is 397. The molecule has 0 aromatic heterocycles. The molecule has 0 bridgehead atoms. The third-order valence-electron chi connectivity index (χ3n) is 3.09. The van der Waals surface area contributed by atoms with Gasteiger partial charge in [-0.25, -0.2) is 5.84 Å². The zero-order chi connectivity index (χ0) is 12.1. The van der Waals surface area contributed by atoms with Crippen molar-refractivity contribution in [3.05, 3.63) is 34.3 Å². The quantitative estimate of drug-likeness (QED) is 0.390. The van der Waals surface area contributed by atoms with Crippen LogP contribution in [0, 0.1) is 0 Å². The van der Waals surface area contributed by atoms with Gasteiger partial charge >= 0.3 is 0 Å². The first-order chi connectivity index (χ1) is 8.28. The predicted octanol–water partition coefficient (Wildman–Crippen LogP) is 2.80. The van der Waals surface area contributed by atoms with Crippen molar-refractivity contribution in [1.29, 1.82) is 0 Å². The Morgan fingerprint density at radius 1 is 1.41 bits per heavy atom. The summed E-state index contributed by atoms with van der Waals surface area (Å²) in [6.45, 7) is 0. The number of nitrogens with one attached hydrogen (secondary N) is 1. The number of nitrogens with zero attached hydrogens (tertiary/aromatic N) is 1. The van der Waals surface area contributed by atoms with Gasteiger partial charge in [-0.2, -0.15) is 0 Å². The predicted molar refractivity (Wildman–Crippen MR) is 74.9 cm³/mol. The number of aliphatic imine (C=N–C) groups is 1. The molecule has 3 nitrogen and oxygen atoms in total. The molecule has 0 spiro atoms. The van der Waals surface area contributed by atoms with Crippen LogP contribution in [0.4, 0.5) is 0 Å². The molecule has 0 aliphatic heterocycles. The fraction of sp³-hybridized carbons (Fsp3) is 0.462. The van der Waals surface area contributed by atoms with Crippen LogP contribution in [0.2, 0.25) is 0 Å². The van der Waals surface area contributed by atoms with Crippen LogP contribution < -0.4 is 11.3 Å². The topological polar surface area (TPSA) is 50.4 Å². The lowest BCUT2D eigenvalue weighted by atomic mass is 10.1. The summed E-state index contributed by atoms with van der Waals surface area (Å²) in [6, 6.07) is 8.71. The Labute approximate surface area is 111 Å².